The fourth-order valence-electron chi connectivity index (χ4n) is 1.18. The molecule has 19 heavy (non-hydrogen) atoms. The third-order valence-electron chi connectivity index (χ3n) is 2.21. The number of halogens is 3. The highest BCUT2D eigenvalue weighted by atomic mass is 19.4. The number of nitrogens with one attached hydrogen (secondary N) is 1. The van der Waals surface area contributed by atoms with E-state index in [1.807, 2.05) is 0 Å². The molecule has 0 fully saturated rings. The molecule has 7 nitrogen and oxygen atoms in total. The summed E-state index contributed by atoms with van der Waals surface area (Å²) in [5.74, 6) is 5.73. The van der Waals surface area contributed by atoms with Gasteiger partial charge in [-0.05, 0) is 0 Å². The van der Waals surface area contributed by atoms with Crippen LogP contribution in [0.1, 0.15) is 6.42 Å². The molecule has 0 aliphatic heterocycles. The Morgan fingerprint density at radius 3 is 2.16 bits per heavy atom. The molecule has 1 aromatic rings. The zero-order chi connectivity index (χ0) is 14.6. The molecule has 0 unspecified atom stereocenters. The maximum Gasteiger partial charge on any atom is 0.390 e. The average molecular weight is 279 g/mol. The molecular weight excluding hydrogens is 263 g/mol. The normalized spacial score (nSPS) is 11.3. The monoisotopic (exact) mass is 279 g/mol. The van der Waals surface area contributed by atoms with Crippen LogP contribution in [-0.2, 0) is 0 Å². The van der Waals surface area contributed by atoms with Crippen molar-refractivity contribution in [3.63, 3.8) is 0 Å². The lowest BCUT2D eigenvalue weighted by molar-refractivity contribution is -0.132. The Hall–Kier alpha value is -1.84. The molecule has 0 saturated carbocycles. The van der Waals surface area contributed by atoms with E-state index >= 15 is 0 Å². The van der Waals surface area contributed by atoms with E-state index in [-0.39, 0.29) is 18.4 Å². The fraction of sp³-hybridized carbons (Fsp3) is 0.667. The van der Waals surface area contributed by atoms with Gasteiger partial charge in [-0.25, -0.2) is 5.84 Å². The molecule has 0 aromatic carbocycles. The fourth-order valence-corrected chi connectivity index (χ4v) is 1.18. The van der Waals surface area contributed by atoms with Crippen LogP contribution in [0, 0.1) is 0 Å². The highest BCUT2D eigenvalue weighted by molar-refractivity contribution is 5.43. The summed E-state index contributed by atoms with van der Waals surface area (Å²) in [6, 6.07) is 0. The van der Waals surface area contributed by atoms with Crippen LogP contribution >= 0.6 is 0 Å². The SMILES string of the molecule is CN(C)c1nc(NN)nc(N(C)CCC(F)(F)F)n1. The minimum Gasteiger partial charge on any atom is -0.347 e. The Morgan fingerprint density at radius 1 is 1.11 bits per heavy atom. The van der Waals surface area contributed by atoms with Gasteiger partial charge in [-0.3, -0.25) is 5.43 Å². The minimum atomic E-state index is -4.22. The van der Waals surface area contributed by atoms with Gasteiger partial charge in [0.1, 0.15) is 0 Å². The highest BCUT2D eigenvalue weighted by Crippen LogP contribution is 2.21. The Labute approximate surface area is 108 Å². The first-order valence-corrected chi connectivity index (χ1v) is 5.41. The number of anilines is 3. The predicted octanol–water partition coefficient (Wildman–Crippen LogP) is 0.612. The van der Waals surface area contributed by atoms with Crippen LogP contribution in [0.2, 0.25) is 0 Å². The van der Waals surface area contributed by atoms with E-state index in [0.29, 0.717) is 5.95 Å². The van der Waals surface area contributed by atoms with Gasteiger partial charge < -0.3 is 9.80 Å². The van der Waals surface area contributed by atoms with Crippen molar-refractivity contribution in [3.05, 3.63) is 0 Å². The molecule has 10 heteroatoms. The molecule has 0 bridgehead atoms. The van der Waals surface area contributed by atoms with Crippen molar-refractivity contribution in [1.82, 2.24) is 15.0 Å². The lowest BCUT2D eigenvalue weighted by Gasteiger charge is -2.20. The second-order valence-electron chi connectivity index (χ2n) is 4.08. The third kappa shape index (κ3) is 4.73. The van der Waals surface area contributed by atoms with Crippen LogP contribution < -0.4 is 21.1 Å². The van der Waals surface area contributed by atoms with Gasteiger partial charge in [-0.2, -0.15) is 28.1 Å². The van der Waals surface area contributed by atoms with Gasteiger partial charge in [-0.15, -0.1) is 0 Å². The van der Waals surface area contributed by atoms with Crippen LogP contribution in [0.15, 0.2) is 0 Å². The first-order valence-electron chi connectivity index (χ1n) is 5.41. The molecule has 1 heterocycles. The second-order valence-corrected chi connectivity index (χ2v) is 4.08. The van der Waals surface area contributed by atoms with E-state index in [1.165, 1.54) is 11.9 Å². The molecule has 0 aliphatic rings. The molecule has 0 spiro atoms. The van der Waals surface area contributed by atoms with E-state index in [9.17, 15) is 13.2 Å². The number of hydrogen-bond donors (Lipinski definition) is 2. The van der Waals surface area contributed by atoms with Crippen molar-refractivity contribution in [2.24, 2.45) is 5.84 Å². The Kier molecular flexibility index (Phi) is 4.70. The summed E-state index contributed by atoms with van der Waals surface area (Å²) < 4.78 is 36.5. The van der Waals surface area contributed by atoms with Gasteiger partial charge in [0.15, 0.2) is 0 Å². The smallest absolute Gasteiger partial charge is 0.347 e. The summed E-state index contributed by atoms with van der Waals surface area (Å²) in [5.41, 5.74) is 2.25. The number of nitrogens with zero attached hydrogens (tertiary/aromatic N) is 5. The van der Waals surface area contributed by atoms with Crippen molar-refractivity contribution < 1.29 is 13.2 Å². The summed E-state index contributed by atoms with van der Waals surface area (Å²) in [6.07, 6.45) is -5.17. The van der Waals surface area contributed by atoms with Crippen molar-refractivity contribution in [3.8, 4) is 0 Å². The van der Waals surface area contributed by atoms with Gasteiger partial charge in [0.05, 0.1) is 6.42 Å². The number of hydrogen-bond acceptors (Lipinski definition) is 7. The molecule has 1 aromatic heterocycles. The van der Waals surface area contributed by atoms with Crippen LogP contribution in [0.3, 0.4) is 0 Å². The van der Waals surface area contributed by atoms with Gasteiger partial charge in [0.25, 0.3) is 0 Å². The van der Waals surface area contributed by atoms with E-state index in [4.69, 9.17) is 5.84 Å². The van der Waals surface area contributed by atoms with Crippen LogP contribution in [0.25, 0.3) is 0 Å². The minimum absolute atomic E-state index is 0.0903. The molecule has 1 rings (SSSR count). The van der Waals surface area contributed by atoms with Crippen LogP contribution in [0.5, 0.6) is 0 Å². The zero-order valence-corrected chi connectivity index (χ0v) is 10.9. The molecule has 0 radical (unpaired) electrons. The van der Waals surface area contributed by atoms with E-state index in [2.05, 4.69) is 20.4 Å². The molecule has 0 saturated heterocycles. The van der Waals surface area contributed by atoms with E-state index in [0.717, 1.165) is 0 Å². The first kappa shape index (κ1) is 15.2. The second kappa shape index (κ2) is 5.87. The standard InChI is InChI=1S/C9H16F3N7/c1-18(2)7-14-6(17-13)15-8(16-7)19(3)5-4-9(10,11)12/h4-5,13H2,1-3H3,(H,14,15,16,17). The maximum absolute atomic E-state index is 12.2. The van der Waals surface area contributed by atoms with Crippen molar-refractivity contribution in [2.75, 3.05) is 42.9 Å². The molecule has 0 amide bonds. The molecule has 0 atom stereocenters. The van der Waals surface area contributed by atoms with Crippen molar-refractivity contribution in [1.29, 1.82) is 0 Å². The van der Waals surface area contributed by atoms with Gasteiger partial charge >= 0.3 is 6.18 Å². The summed E-state index contributed by atoms with van der Waals surface area (Å²) in [7, 11) is 4.88. The van der Waals surface area contributed by atoms with Gasteiger partial charge in [0.2, 0.25) is 17.8 Å². The number of nitrogens with two attached hydrogens (primary N) is 1. The highest BCUT2D eigenvalue weighted by Gasteiger charge is 2.27. The van der Waals surface area contributed by atoms with E-state index in [1.54, 1.807) is 19.0 Å². The molecular formula is C9H16F3N7. The molecule has 108 valence electrons. The van der Waals surface area contributed by atoms with Crippen LogP contribution in [-0.4, -0.2) is 48.8 Å². The topological polar surface area (TPSA) is 83.2 Å². The first-order chi connectivity index (χ1) is 8.73. The quantitative estimate of drug-likeness (QED) is 0.603. The van der Waals surface area contributed by atoms with Crippen LogP contribution in [0.4, 0.5) is 31.0 Å². The number of rotatable bonds is 5. The largest absolute Gasteiger partial charge is 0.390 e. The van der Waals surface area contributed by atoms with E-state index < -0.39 is 12.6 Å². The number of hydrazine groups is 1. The summed E-state index contributed by atoms with van der Waals surface area (Å²) >= 11 is 0. The number of nitrogen functional groups attached to an aromatic ring is 1. The lowest BCUT2D eigenvalue weighted by Crippen LogP contribution is -2.27. The van der Waals surface area contributed by atoms with Gasteiger partial charge in [0, 0.05) is 27.7 Å². The Morgan fingerprint density at radius 2 is 1.68 bits per heavy atom. The van der Waals surface area contributed by atoms with Crippen molar-refractivity contribution in [2.45, 2.75) is 12.6 Å². The number of aromatic nitrogens is 3. The summed E-state index contributed by atoms with van der Waals surface area (Å²) in [6.45, 7) is -0.246. The van der Waals surface area contributed by atoms with Gasteiger partial charge in [-0.1, -0.05) is 0 Å². The summed E-state index contributed by atoms with van der Waals surface area (Å²) in [4.78, 5) is 14.8. The number of alkyl halides is 3. The zero-order valence-electron chi connectivity index (χ0n) is 10.9. The molecule has 0 aliphatic carbocycles. The average Bonchev–Trinajstić information content (AvgIpc) is 2.34. The maximum atomic E-state index is 12.2. The Balaban J connectivity index is 2.89. The predicted molar refractivity (Wildman–Crippen MR) is 65.9 cm³/mol. The third-order valence-corrected chi connectivity index (χ3v) is 2.21. The molecule has 3 N–H and O–H groups in total. The Bertz CT molecular complexity index is 421. The lowest BCUT2D eigenvalue weighted by atomic mass is 10.4. The summed E-state index contributed by atoms with van der Waals surface area (Å²) in [5, 5.41) is 0. The van der Waals surface area contributed by atoms with Crippen molar-refractivity contribution >= 4 is 17.8 Å².